The van der Waals surface area contributed by atoms with Gasteiger partial charge in [-0.25, -0.2) is 4.98 Å². The van der Waals surface area contributed by atoms with Gasteiger partial charge in [-0.05, 0) is 58.2 Å². The Morgan fingerprint density at radius 3 is 2.73 bits per heavy atom. The first-order valence-corrected chi connectivity index (χ1v) is 5.82. The van der Waals surface area contributed by atoms with Gasteiger partial charge in [0.1, 0.15) is 0 Å². The van der Waals surface area contributed by atoms with E-state index in [0.29, 0.717) is 10.7 Å². The third-order valence-electron chi connectivity index (χ3n) is 3.04. The normalized spacial score (nSPS) is 19.3. The van der Waals surface area contributed by atoms with E-state index >= 15 is 0 Å². The van der Waals surface area contributed by atoms with Gasteiger partial charge in [0.15, 0.2) is 4.77 Å². The van der Waals surface area contributed by atoms with E-state index in [1.165, 1.54) is 18.5 Å². The maximum Gasteiger partial charge on any atom is 0.197 e. The molecule has 4 heteroatoms. The van der Waals surface area contributed by atoms with Crippen LogP contribution >= 0.6 is 12.2 Å². The van der Waals surface area contributed by atoms with Crippen molar-refractivity contribution < 1.29 is 0 Å². The van der Waals surface area contributed by atoms with Gasteiger partial charge in [-0.1, -0.05) is 0 Å². The number of nitrogens with zero attached hydrogens (tertiary/aromatic N) is 2. The van der Waals surface area contributed by atoms with E-state index in [9.17, 15) is 0 Å². The summed E-state index contributed by atoms with van der Waals surface area (Å²) in [5.41, 5.74) is 2.29. The van der Waals surface area contributed by atoms with Gasteiger partial charge in [-0.2, -0.15) is 0 Å². The predicted octanol–water partition coefficient (Wildman–Crippen LogP) is 2.26. The number of aromatic amines is 1. The Morgan fingerprint density at radius 2 is 2.13 bits per heavy atom. The van der Waals surface area contributed by atoms with Crippen molar-refractivity contribution >= 4 is 12.2 Å². The summed E-state index contributed by atoms with van der Waals surface area (Å²) in [5, 5.41) is 0. The lowest BCUT2D eigenvalue weighted by molar-refractivity contribution is 0.253. The molecule has 3 nitrogen and oxygen atoms in total. The number of hydrogen-bond donors (Lipinski definition) is 1. The van der Waals surface area contributed by atoms with Gasteiger partial charge >= 0.3 is 0 Å². The lowest BCUT2D eigenvalue weighted by Crippen LogP contribution is -2.29. The summed E-state index contributed by atoms with van der Waals surface area (Å²) in [6, 6.07) is 2.13. The zero-order valence-corrected chi connectivity index (χ0v) is 10.1. The molecule has 0 saturated carbocycles. The van der Waals surface area contributed by atoms with E-state index in [-0.39, 0.29) is 0 Å². The first kappa shape index (κ1) is 10.8. The summed E-state index contributed by atoms with van der Waals surface area (Å²) < 4.78 is 0.615. The lowest BCUT2D eigenvalue weighted by Gasteiger charge is -2.28. The van der Waals surface area contributed by atoms with Crippen molar-refractivity contribution in [2.24, 2.45) is 0 Å². The van der Waals surface area contributed by atoms with Crippen LogP contribution in [0.2, 0.25) is 0 Å². The summed E-state index contributed by atoms with van der Waals surface area (Å²) in [7, 11) is 2.17. The Hall–Kier alpha value is -0.740. The van der Waals surface area contributed by atoms with Crippen LogP contribution in [0.3, 0.4) is 0 Å². The fraction of sp³-hybridized carbons (Fsp3) is 0.636. The molecule has 1 aliphatic heterocycles. The second-order valence-corrected chi connectivity index (χ2v) is 4.76. The van der Waals surface area contributed by atoms with Crippen LogP contribution < -0.4 is 0 Å². The average molecular weight is 223 g/mol. The number of piperidine rings is 1. The monoisotopic (exact) mass is 223 g/mol. The molecule has 0 unspecified atom stereocenters. The average Bonchev–Trinajstić information content (AvgIpc) is 2.17. The van der Waals surface area contributed by atoms with Gasteiger partial charge in [-0.3, -0.25) is 0 Å². The molecule has 0 atom stereocenters. The number of rotatable bonds is 1. The molecule has 0 amide bonds. The van der Waals surface area contributed by atoms with E-state index in [0.717, 1.165) is 18.8 Å². The van der Waals surface area contributed by atoms with Crippen molar-refractivity contribution in [3.8, 4) is 0 Å². The zero-order chi connectivity index (χ0) is 10.8. The van der Waals surface area contributed by atoms with Crippen LogP contribution in [0.1, 0.15) is 30.1 Å². The van der Waals surface area contributed by atoms with E-state index in [4.69, 9.17) is 12.2 Å². The first-order valence-electron chi connectivity index (χ1n) is 5.41. The molecule has 1 N–H and O–H groups in total. The molecule has 15 heavy (non-hydrogen) atoms. The second kappa shape index (κ2) is 4.41. The minimum absolute atomic E-state index is 0.594. The fourth-order valence-electron chi connectivity index (χ4n) is 2.12. The third-order valence-corrected chi connectivity index (χ3v) is 3.23. The molecular formula is C11H17N3S. The van der Waals surface area contributed by atoms with Gasteiger partial charge in [0.25, 0.3) is 0 Å². The molecule has 2 rings (SSSR count). The van der Waals surface area contributed by atoms with Crippen LogP contribution in [0, 0.1) is 11.7 Å². The Labute approximate surface area is 95.5 Å². The van der Waals surface area contributed by atoms with Crippen LogP contribution in [-0.4, -0.2) is 35.0 Å². The molecule has 1 aromatic rings. The van der Waals surface area contributed by atoms with Crippen LogP contribution in [0.4, 0.5) is 0 Å². The molecule has 0 bridgehead atoms. The Kier molecular flexibility index (Phi) is 3.17. The fourth-order valence-corrected chi connectivity index (χ4v) is 2.38. The maximum absolute atomic E-state index is 5.10. The van der Waals surface area contributed by atoms with E-state index in [1.807, 2.05) is 6.92 Å². The van der Waals surface area contributed by atoms with Crippen molar-refractivity contribution in [3.05, 3.63) is 22.2 Å². The van der Waals surface area contributed by atoms with Crippen LogP contribution in [0.5, 0.6) is 0 Å². The molecule has 0 aliphatic carbocycles. The van der Waals surface area contributed by atoms with E-state index in [1.54, 1.807) is 0 Å². The van der Waals surface area contributed by atoms with Crippen molar-refractivity contribution in [3.63, 3.8) is 0 Å². The molecule has 1 aliphatic rings. The summed E-state index contributed by atoms with van der Waals surface area (Å²) in [5.74, 6) is 0.594. The molecule has 0 radical (unpaired) electrons. The van der Waals surface area contributed by atoms with Gasteiger partial charge in [0.2, 0.25) is 0 Å². The van der Waals surface area contributed by atoms with Crippen molar-refractivity contribution in [2.45, 2.75) is 25.7 Å². The van der Waals surface area contributed by atoms with Crippen molar-refractivity contribution in [1.82, 2.24) is 14.9 Å². The molecule has 82 valence electrons. The number of hydrogen-bond acceptors (Lipinski definition) is 3. The van der Waals surface area contributed by atoms with Gasteiger partial charge in [0.05, 0.1) is 0 Å². The highest BCUT2D eigenvalue weighted by Gasteiger charge is 2.19. The highest BCUT2D eigenvalue weighted by Crippen LogP contribution is 2.25. The van der Waals surface area contributed by atoms with Crippen molar-refractivity contribution in [2.75, 3.05) is 20.1 Å². The Bertz CT molecular complexity index is 391. The topological polar surface area (TPSA) is 31.9 Å². The van der Waals surface area contributed by atoms with Gasteiger partial charge in [0, 0.05) is 17.3 Å². The van der Waals surface area contributed by atoms with Crippen molar-refractivity contribution in [1.29, 1.82) is 0 Å². The van der Waals surface area contributed by atoms with Crippen LogP contribution in [-0.2, 0) is 0 Å². The zero-order valence-electron chi connectivity index (χ0n) is 9.29. The highest BCUT2D eigenvalue weighted by molar-refractivity contribution is 7.71. The van der Waals surface area contributed by atoms with Crippen LogP contribution in [0.25, 0.3) is 0 Å². The minimum Gasteiger partial charge on any atom is -0.335 e. The number of nitrogens with one attached hydrogen (secondary N) is 1. The van der Waals surface area contributed by atoms with E-state index < -0.39 is 0 Å². The minimum atomic E-state index is 0.594. The standard InChI is InChI=1S/C11H17N3S/c1-8-7-10(13-11(15)12-8)9-3-5-14(2)6-4-9/h7,9H,3-6H2,1-2H3,(H,12,13,15). The molecule has 0 spiro atoms. The number of aromatic nitrogens is 2. The maximum atomic E-state index is 5.10. The Morgan fingerprint density at radius 1 is 1.47 bits per heavy atom. The quantitative estimate of drug-likeness (QED) is 0.741. The van der Waals surface area contributed by atoms with E-state index in [2.05, 4.69) is 28.0 Å². The Balaban J connectivity index is 2.19. The molecule has 2 heterocycles. The second-order valence-electron chi connectivity index (χ2n) is 4.37. The summed E-state index contributed by atoms with van der Waals surface area (Å²) in [6.45, 7) is 4.36. The highest BCUT2D eigenvalue weighted by atomic mass is 32.1. The molecule has 1 aromatic heterocycles. The summed E-state index contributed by atoms with van der Waals surface area (Å²) in [4.78, 5) is 9.84. The lowest BCUT2D eigenvalue weighted by atomic mass is 9.93. The van der Waals surface area contributed by atoms with Crippen LogP contribution in [0.15, 0.2) is 6.07 Å². The largest absolute Gasteiger partial charge is 0.335 e. The number of likely N-dealkylation sites (tertiary alicyclic amines) is 1. The molecule has 1 fully saturated rings. The molecule has 0 aromatic carbocycles. The molecular weight excluding hydrogens is 206 g/mol. The summed E-state index contributed by atoms with van der Waals surface area (Å²) in [6.07, 6.45) is 2.39. The van der Waals surface area contributed by atoms with Gasteiger partial charge in [-0.15, -0.1) is 0 Å². The molecule has 1 saturated heterocycles. The van der Waals surface area contributed by atoms with Gasteiger partial charge < -0.3 is 9.88 Å². The SMILES string of the molecule is Cc1cc(C2CCN(C)CC2)nc(=S)[nH]1. The summed E-state index contributed by atoms with van der Waals surface area (Å²) >= 11 is 5.10. The third kappa shape index (κ3) is 2.63. The number of aryl methyl sites for hydroxylation is 1. The first-order chi connectivity index (χ1) is 7.15. The number of H-pyrrole nitrogens is 1. The predicted molar refractivity (Wildman–Crippen MR) is 63.6 cm³/mol. The smallest absolute Gasteiger partial charge is 0.197 e.